The number of ether oxygens (including phenoxy) is 1. The lowest BCUT2D eigenvalue weighted by molar-refractivity contribution is -0.152. The fraction of sp³-hybridized carbons (Fsp3) is 0.231. The van der Waals surface area contributed by atoms with Crippen molar-refractivity contribution in [2.45, 2.75) is 13.0 Å². The van der Waals surface area contributed by atoms with Crippen molar-refractivity contribution in [3.63, 3.8) is 0 Å². The molecule has 98 valence electrons. The highest BCUT2D eigenvalue weighted by molar-refractivity contribution is 6.79. The van der Waals surface area contributed by atoms with Crippen LogP contribution in [0.5, 0.6) is 0 Å². The number of anilines is 1. The van der Waals surface area contributed by atoms with Crippen LogP contribution in [0.15, 0.2) is 24.3 Å². The van der Waals surface area contributed by atoms with E-state index in [1.54, 1.807) is 6.92 Å². The first-order valence-corrected chi connectivity index (χ1v) is 5.70. The molecule has 0 radical (unpaired) electrons. The summed E-state index contributed by atoms with van der Waals surface area (Å²) < 4.78 is 4.82. The molecule has 1 aliphatic rings. The Morgan fingerprint density at radius 1 is 1.16 bits per heavy atom. The number of nitrogens with one attached hydrogen (secondary N) is 1. The predicted octanol–water partition coefficient (Wildman–Crippen LogP) is 0.365. The third-order valence-corrected chi connectivity index (χ3v) is 2.68. The highest BCUT2D eigenvalue weighted by atomic mass is 16.5. The molecule has 1 fully saturated rings. The largest absolute Gasteiger partial charge is 0.462 e. The van der Waals surface area contributed by atoms with Crippen LogP contribution in [0.2, 0.25) is 0 Å². The van der Waals surface area contributed by atoms with E-state index in [2.05, 4.69) is 5.32 Å². The number of rotatable bonds is 4. The van der Waals surface area contributed by atoms with Crippen LogP contribution in [0, 0.1) is 0 Å². The smallest absolute Gasteiger partial charge is 0.338 e. The van der Waals surface area contributed by atoms with E-state index in [9.17, 15) is 19.2 Å². The molecule has 1 N–H and O–H groups in total. The number of carbonyl (C=O) groups is 4. The van der Waals surface area contributed by atoms with E-state index in [-0.39, 0.29) is 6.61 Å². The number of esters is 1. The third kappa shape index (κ3) is 2.37. The summed E-state index contributed by atoms with van der Waals surface area (Å²) in [6.07, 6.45) is 0. The van der Waals surface area contributed by atoms with Crippen LogP contribution in [-0.2, 0) is 19.1 Å². The van der Waals surface area contributed by atoms with Crippen molar-refractivity contribution in [2.75, 3.05) is 11.9 Å². The minimum atomic E-state index is -1.10. The Bertz CT molecular complexity index is 543. The lowest BCUT2D eigenvalue weighted by Gasteiger charge is -2.22. The van der Waals surface area contributed by atoms with Crippen molar-refractivity contribution in [1.29, 1.82) is 0 Å². The maximum Gasteiger partial charge on any atom is 0.338 e. The molecule has 19 heavy (non-hydrogen) atoms. The summed E-state index contributed by atoms with van der Waals surface area (Å²) in [7, 11) is 0. The first-order valence-electron chi connectivity index (χ1n) is 5.70. The minimum Gasteiger partial charge on any atom is -0.462 e. The Kier molecular flexibility index (Phi) is 3.41. The normalized spacial score (nSPS) is 15.1. The van der Waals surface area contributed by atoms with Crippen molar-refractivity contribution in [1.82, 2.24) is 0 Å². The quantitative estimate of drug-likeness (QED) is 0.478. The number of ketones is 3. The maximum atomic E-state index is 11.4. The topological polar surface area (TPSA) is 89.5 Å². The Labute approximate surface area is 108 Å². The highest BCUT2D eigenvalue weighted by Crippen LogP contribution is 2.16. The molecule has 6 nitrogen and oxygen atoms in total. The fourth-order valence-corrected chi connectivity index (χ4v) is 1.64. The van der Waals surface area contributed by atoms with Crippen LogP contribution in [0.4, 0.5) is 5.69 Å². The molecule has 1 aromatic rings. The van der Waals surface area contributed by atoms with E-state index in [1.165, 1.54) is 24.3 Å². The number of Topliss-reactive ketones (excluding diaryl/α,β-unsaturated/α-hetero) is 3. The van der Waals surface area contributed by atoms with E-state index in [4.69, 9.17) is 4.74 Å². The summed E-state index contributed by atoms with van der Waals surface area (Å²) in [5, 5.41) is 2.63. The van der Waals surface area contributed by atoms with Gasteiger partial charge in [0.2, 0.25) is 11.6 Å². The number of benzene rings is 1. The number of carbonyl (C=O) groups excluding carboxylic acids is 4. The Morgan fingerprint density at radius 2 is 1.74 bits per heavy atom. The lowest BCUT2D eigenvalue weighted by atomic mass is 9.87. The summed E-state index contributed by atoms with van der Waals surface area (Å²) in [5.74, 6) is -2.89. The van der Waals surface area contributed by atoms with E-state index in [1.807, 2.05) is 0 Å². The molecule has 1 aromatic carbocycles. The van der Waals surface area contributed by atoms with E-state index in [0.29, 0.717) is 11.3 Å². The molecular formula is C13H11NO5. The van der Waals surface area contributed by atoms with Gasteiger partial charge in [-0.2, -0.15) is 0 Å². The van der Waals surface area contributed by atoms with Gasteiger partial charge >= 0.3 is 5.97 Å². The highest BCUT2D eigenvalue weighted by Gasteiger charge is 2.48. The Morgan fingerprint density at radius 3 is 2.26 bits per heavy atom. The molecule has 0 aromatic heterocycles. The standard InChI is InChI=1S/C13H11NO5/c1-2-19-13(18)7-3-5-8(6-4-7)14-9-10(15)12(17)11(9)16/h3-6,9,14H,2H2,1H3. The van der Waals surface area contributed by atoms with Gasteiger partial charge in [-0.1, -0.05) is 0 Å². The molecule has 0 amide bonds. The molecule has 0 unspecified atom stereocenters. The second kappa shape index (κ2) is 5.01. The van der Waals surface area contributed by atoms with Gasteiger partial charge in [-0.05, 0) is 31.2 Å². The minimum absolute atomic E-state index is 0.284. The van der Waals surface area contributed by atoms with Crippen molar-refractivity contribution in [3.05, 3.63) is 29.8 Å². The van der Waals surface area contributed by atoms with Gasteiger partial charge < -0.3 is 10.1 Å². The van der Waals surface area contributed by atoms with Crippen LogP contribution in [0.1, 0.15) is 17.3 Å². The summed E-state index contributed by atoms with van der Waals surface area (Å²) in [6, 6.07) is 5.00. The van der Waals surface area contributed by atoms with Crippen molar-refractivity contribution >= 4 is 29.0 Å². The molecule has 2 rings (SSSR count). The van der Waals surface area contributed by atoms with Gasteiger partial charge in [0.25, 0.3) is 5.78 Å². The molecule has 1 saturated carbocycles. The molecule has 0 bridgehead atoms. The number of hydrogen-bond donors (Lipinski definition) is 1. The van der Waals surface area contributed by atoms with Gasteiger partial charge in [0.15, 0.2) is 6.04 Å². The average molecular weight is 261 g/mol. The number of hydrogen-bond acceptors (Lipinski definition) is 6. The SMILES string of the molecule is CCOC(=O)c1ccc(NC2C(=O)C(=O)C2=O)cc1. The molecule has 6 heteroatoms. The maximum absolute atomic E-state index is 11.4. The second-order valence-electron chi connectivity index (χ2n) is 3.93. The van der Waals surface area contributed by atoms with Crippen LogP contribution >= 0.6 is 0 Å². The lowest BCUT2D eigenvalue weighted by Crippen LogP contribution is -2.57. The molecule has 0 heterocycles. The van der Waals surface area contributed by atoms with Crippen molar-refractivity contribution in [3.8, 4) is 0 Å². The van der Waals surface area contributed by atoms with Crippen molar-refractivity contribution < 1.29 is 23.9 Å². The molecule has 1 aliphatic carbocycles. The second-order valence-corrected chi connectivity index (χ2v) is 3.93. The van der Waals surface area contributed by atoms with Gasteiger partial charge in [-0.15, -0.1) is 0 Å². The first-order chi connectivity index (χ1) is 9.04. The van der Waals surface area contributed by atoms with Gasteiger partial charge in [0.1, 0.15) is 0 Å². The van der Waals surface area contributed by atoms with Crippen molar-refractivity contribution in [2.24, 2.45) is 0 Å². The predicted molar refractivity (Wildman–Crippen MR) is 64.8 cm³/mol. The van der Waals surface area contributed by atoms with Crippen LogP contribution in [-0.4, -0.2) is 36.0 Å². The average Bonchev–Trinajstić information content (AvgIpc) is 2.44. The molecule has 0 atom stereocenters. The zero-order valence-corrected chi connectivity index (χ0v) is 10.1. The third-order valence-electron chi connectivity index (χ3n) is 2.68. The van der Waals surface area contributed by atoms with E-state index < -0.39 is 29.4 Å². The monoisotopic (exact) mass is 261 g/mol. The van der Waals surface area contributed by atoms with Gasteiger partial charge in [0.05, 0.1) is 12.2 Å². The molecular weight excluding hydrogens is 250 g/mol. The zero-order valence-electron chi connectivity index (χ0n) is 10.1. The Hall–Kier alpha value is -2.50. The summed E-state index contributed by atoms with van der Waals surface area (Å²) in [4.78, 5) is 44.4. The zero-order chi connectivity index (χ0) is 14.0. The van der Waals surface area contributed by atoms with Crippen LogP contribution in [0.3, 0.4) is 0 Å². The first kappa shape index (κ1) is 12.9. The van der Waals surface area contributed by atoms with E-state index in [0.717, 1.165) is 0 Å². The van der Waals surface area contributed by atoms with Crippen LogP contribution in [0.25, 0.3) is 0 Å². The van der Waals surface area contributed by atoms with Gasteiger partial charge in [-0.3, -0.25) is 14.4 Å². The summed E-state index contributed by atoms with van der Waals surface area (Å²) in [6.45, 7) is 1.99. The fourth-order valence-electron chi connectivity index (χ4n) is 1.64. The van der Waals surface area contributed by atoms with E-state index >= 15 is 0 Å². The van der Waals surface area contributed by atoms with Gasteiger partial charge in [0, 0.05) is 5.69 Å². The molecule has 0 saturated heterocycles. The molecule has 0 aliphatic heterocycles. The Balaban J connectivity index is 2.04. The van der Waals surface area contributed by atoms with Gasteiger partial charge in [-0.25, -0.2) is 4.79 Å². The summed E-state index contributed by atoms with van der Waals surface area (Å²) >= 11 is 0. The summed E-state index contributed by atoms with van der Waals surface area (Å²) in [5.41, 5.74) is 0.849. The molecule has 0 spiro atoms. The van der Waals surface area contributed by atoms with Crippen LogP contribution < -0.4 is 5.32 Å².